The lowest BCUT2D eigenvalue weighted by atomic mass is 9.97. The van der Waals surface area contributed by atoms with Crippen LogP contribution in [0.1, 0.15) is 18.9 Å². The average molecular weight is 205 g/mol. The minimum absolute atomic E-state index is 0.263. The van der Waals surface area contributed by atoms with Crippen LogP contribution in [0.4, 0.5) is 0 Å². The van der Waals surface area contributed by atoms with Gasteiger partial charge in [0.1, 0.15) is 0 Å². The van der Waals surface area contributed by atoms with Crippen molar-refractivity contribution in [1.82, 2.24) is 4.90 Å². The maximum atomic E-state index is 9.40. The van der Waals surface area contributed by atoms with Gasteiger partial charge >= 0.3 is 0 Å². The topological polar surface area (TPSA) is 23.5 Å². The number of nitrogens with zero attached hydrogens (tertiary/aromatic N) is 1. The summed E-state index contributed by atoms with van der Waals surface area (Å²) < 4.78 is 0. The zero-order chi connectivity index (χ0) is 10.7. The summed E-state index contributed by atoms with van der Waals surface area (Å²) in [7, 11) is 0. The molecule has 0 spiro atoms. The first-order valence-corrected chi connectivity index (χ1v) is 5.72. The molecule has 0 aliphatic carbocycles. The number of rotatable bonds is 4. The number of hydrogen-bond acceptors (Lipinski definition) is 2. The molecule has 0 saturated carbocycles. The molecule has 1 aliphatic rings. The molecule has 2 heteroatoms. The largest absolute Gasteiger partial charge is 0.395 e. The van der Waals surface area contributed by atoms with Crippen LogP contribution in [0.3, 0.4) is 0 Å². The van der Waals surface area contributed by atoms with E-state index >= 15 is 0 Å². The van der Waals surface area contributed by atoms with Crippen LogP contribution in [0, 0.1) is 0 Å². The van der Waals surface area contributed by atoms with E-state index in [0.717, 1.165) is 13.0 Å². The molecular weight excluding hydrogens is 186 g/mol. The van der Waals surface area contributed by atoms with Crippen LogP contribution in [-0.2, 0) is 6.42 Å². The van der Waals surface area contributed by atoms with Crippen molar-refractivity contribution in [1.29, 1.82) is 0 Å². The van der Waals surface area contributed by atoms with Crippen LogP contribution < -0.4 is 0 Å². The molecule has 2 unspecified atom stereocenters. The third kappa shape index (κ3) is 2.39. The van der Waals surface area contributed by atoms with E-state index in [2.05, 4.69) is 36.1 Å². The van der Waals surface area contributed by atoms with Crippen molar-refractivity contribution in [3.8, 4) is 0 Å². The summed E-state index contributed by atoms with van der Waals surface area (Å²) in [5, 5.41) is 9.40. The summed E-state index contributed by atoms with van der Waals surface area (Å²) in [5.41, 5.74) is 1.32. The Balaban J connectivity index is 1.96. The SMILES string of the molecule is CC1CCN1C(CO)Cc1ccccc1. The lowest BCUT2D eigenvalue weighted by Gasteiger charge is -2.44. The van der Waals surface area contributed by atoms with Crippen molar-refractivity contribution >= 4 is 0 Å². The Hall–Kier alpha value is -0.860. The van der Waals surface area contributed by atoms with E-state index in [1.54, 1.807) is 0 Å². The third-order valence-corrected chi connectivity index (χ3v) is 3.37. The minimum atomic E-state index is 0.263. The van der Waals surface area contributed by atoms with Crippen LogP contribution in [0.25, 0.3) is 0 Å². The van der Waals surface area contributed by atoms with E-state index < -0.39 is 0 Å². The molecule has 0 bridgehead atoms. The normalized spacial score (nSPS) is 23.5. The van der Waals surface area contributed by atoms with Crippen LogP contribution >= 0.6 is 0 Å². The predicted molar refractivity (Wildman–Crippen MR) is 61.8 cm³/mol. The van der Waals surface area contributed by atoms with Gasteiger partial charge in [-0.25, -0.2) is 0 Å². The van der Waals surface area contributed by atoms with Crippen LogP contribution in [0.15, 0.2) is 30.3 Å². The van der Waals surface area contributed by atoms with Gasteiger partial charge < -0.3 is 5.11 Å². The third-order valence-electron chi connectivity index (χ3n) is 3.37. The average Bonchev–Trinajstić information content (AvgIpc) is 2.27. The Labute approximate surface area is 91.5 Å². The number of likely N-dealkylation sites (tertiary alicyclic amines) is 1. The summed E-state index contributed by atoms with van der Waals surface area (Å²) in [6, 6.07) is 11.4. The van der Waals surface area contributed by atoms with E-state index in [1.165, 1.54) is 12.0 Å². The maximum Gasteiger partial charge on any atom is 0.0590 e. The fraction of sp³-hybridized carbons (Fsp3) is 0.538. The Morgan fingerprint density at radius 1 is 1.40 bits per heavy atom. The van der Waals surface area contributed by atoms with Crippen molar-refractivity contribution in [3.63, 3.8) is 0 Å². The van der Waals surface area contributed by atoms with Crippen molar-refractivity contribution in [2.24, 2.45) is 0 Å². The standard InChI is InChI=1S/C13H19NO/c1-11-7-8-14(11)13(10-15)9-12-5-3-2-4-6-12/h2-6,11,13,15H,7-10H2,1H3. The summed E-state index contributed by atoms with van der Waals surface area (Å²) in [4.78, 5) is 2.40. The number of benzene rings is 1. The van der Waals surface area contributed by atoms with Crippen LogP contribution in [0.5, 0.6) is 0 Å². The highest BCUT2D eigenvalue weighted by Crippen LogP contribution is 2.21. The van der Waals surface area contributed by atoms with Crippen molar-refractivity contribution in [2.75, 3.05) is 13.2 Å². The molecular formula is C13H19NO. The number of aliphatic hydroxyl groups excluding tert-OH is 1. The summed E-state index contributed by atoms with van der Waals surface area (Å²) in [6.07, 6.45) is 2.23. The molecule has 2 atom stereocenters. The Kier molecular flexibility index (Phi) is 3.39. The van der Waals surface area contributed by atoms with Gasteiger partial charge in [-0.2, -0.15) is 0 Å². The number of aliphatic hydroxyl groups is 1. The highest BCUT2D eigenvalue weighted by Gasteiger charge is 2.29. The molecule has 0 amide bonds. The van der Waals surface area contributed by atoms with Gasteiger partial charge in [-0.1, -0.05) is 30.3 Å². The van der Waals surface area contributed by atoms with Gasteiger partial charge in [0.05, 0.1) is 6.61 Å². The molecule has 1 N–H and O–H groups in total. The van der Waals surface area contributed by atoms with E-state index in [-0.39, 0.29) is 6.61 Å². The molecule has 15 heavy (non-hydrogen) atoms. The first-order valence-electron chi connectivity index (χ1n) is 5.72. The minimum Gasteiger partial charge on any atom is -0.395 e. The Morgan fingerprint density at radius 3 is 2.60 bits per heavy atom. The molecule has 1 aromatic rings. The summed E-state index contributed by atoms with van der Waals surface area (Å²) in [5.74, 6) is 0. The highest BCUT2D eigenvalue weighted by molar-refractivity contribution is 5.16. The molecule has 2 nitrogen and oxygen atoms in total. The molecule has 2 rings (SSSR count). The fourth-order valence-corrected chi connectivity index (χ4v) is 2.25. The van der Waals surface area contributed by atoms with E-state index in [4.69, 9.17) is 0 Å². The molecule has 1 heterocycles. The first kappa shape index (κ1) is 10.7. The summed E-state index contributed by atoms with van der Waals surface area (Å²) >= 11 is 0. The van der Waals surface area contributed by atoms with E-state index in [9.17, 15) is 5.11 Å². The van der Waals surface area contributed by atoms with Gasteiger partial charge in [-0.3, -0.25) is 4.90 Å². The van der Waals surface area contributed by atoms with Gasteiger partial charge in [0.2, 0.25) is 0 Å². The van der Waals surface area contributed by atoms with E-state index in [1.807, 2.05) is 6.07 Å². The van der Waals surface area contributed by atoms with Crippen molar-refractivity contribution in [2.45, 2.75) is 31.8 Å². The number of hydrogen-bond donors (Lipinski definition) is 1. The smallest absolute Gasteiger partial charge is 0.0590 e. The lowest BCUT2D eigenvalue weighted by molar-refractivity contribution is 0.0228. The van der Waals surface area contributed by atoms with Crippen LogP contribution in [-0.4, -0.2) is 35.2 Å². The zero-order valence-electron chi connectivity index (χ0n) is 9.26. The predicted octanol–water partition coefficient (Wildman–Crippen LogP) is 1.68. The summed E-state index contributed by atoms with van der Waals surface area (Å²) in [6.45, 7) is 3.63. The molecule has 0 aromatic heterocycles. The lowest BCUT2D eigenvalue weighted by Crippen LogP contribution is -2.53. The van der Waals surface area contributed by atoms with Gasteiger partial charge in [-0.15, -0.1) is 0 Å². The second-order valence-corrected chi connectivity index (χ2v) is 4.40. The molecule has 82 valence electrons. The molecule has 1 aromatic carbocycles. The van der Waals surface area contributed by atoms with Crippen molar-refractivity contribution in [3.05, 3.63) is 35.9 Å². The Bertz CT molecular complexity index is 299. The monoisotopic (exact) mass is 205 g/mol. The molecule has 0 radical (unpaired) electrons. The quantitative estimate of drug-likeness (QED) is 0.808. The van der Waals surface area contributed by atoms with Gasteiger partial charge in [-0.05, 0) is 25.3 Å². The second-order valence-electron chi connectivity index (χ2n) is 4.40. The highest BCUT2D eigenvalue weighted by atomic mass is 16.3. The van der Waals surface area contributed by atoms with E-state index in [0.29, 0.717) is 12.1 Å². The molecule has 1 saturated heterocycles. The first-order chi connectivity index (χ1) is 7.31. The van der Waals surface area contributed by atoms with Gasteiger partial charge in [0, 0.05) is 18.6 Å². The van der Waals surface area contributed by atoms with Crippen molar-refractivity contribution < 1.29 is 5.11 Å². The molecule has 1 fully saturated rings. The van der Waals surface area contributed by atoms with Gasteiger partial charge in [0.15, 0.2) is 0 Å². The zero-order valence-corrected chi connectivity index (χ0v) is 9.26. The van der Waals surface area contributed by atoms with Crippen LogP contribution in [0.2, 0.25) is 0 Å². The molecule has 1 aliphatic heterocycles. The fourth-order valence-electron chi connectivity index (χ4n) is 2.25. The van der Waals surface area contributed by atoms with Gasteiger partial charge in [0.25, 0.3) is 0 Å². The second kappa shape index (κ2) is 4.77. The Morgan fingerprint density at radius 2 is 2.13 bits per heavy atom. The maximum absolute atomic E-state index is 9.40.